The van der Waals surface area contributed by atoms with E-state index >= 15 is 0 Å². The molecule has 1 atom stereocenters. The molecule has 2 rings (SSSR count). The number of benzene rings is 2. The molecule has 0 N–H and O–H groups in total. The van der Waals surface area contributed by atoms with Gasteiger partial charge in [-0.25, -0.2) is 8.42 Å². The maximum Gasteiger partial charge on any atom is 0.217 e. The van der Waals surface area contributed by atoms with Crippen LogP contribution < -0.4 is 9.47 Å². The Morgan fingerprint density at radius 2 is 1.45 bits per heavy atom. The van der Waals surface area contributed by atoms with Crippen LogP contribution in [0.2, 0.25) is 0 Å². The minimum absolute atomic E-state index is 0.194. The van der Waals surface area contributed by atoms with Crippen molar-refractivity contribution >= 4 is 10.0 Å². The summed E-state index contributed by atoms with van der Waals surface area (Å²) < 4.78 is 39.2. The molecule has 0 saturated carbocycles. The molecule has 0 heterocycles. The van der Waals surface area contributed by atoms with Gasteiger partial charge < -0.3 is 9.47 Å². The molecule has 2 aromatic carbocycles. The standard InChI is InChI=1S/C24H30N2O4S/c1-4-5-7-24(8-6-17-25)31(27,28)26(18-20-9-13-22(29-2)14-10-20)19-21-11-15-23(30-3)16-12-21/h4,9-16,24H,1,5-8,18-19H2,2-3H3/t24-/m0/s1. The van der Waals surface area contributed by atoms with Crippen LogP contribution in [0.1, 0.15) is 36.8 Å². The van der Waals surface area contributed by atoms with Crippen molar-refractivity contribution in [1.82, 2.24) is 4.31 Å². The zero-order valence-electron chi connectivity index (χ0n) is 18.2. The first-order chi connectivity index (χ1) is 14.9. The van der Waals surface area contributed by atoms with Crippen LogP contribution in [0.25, 0.3) is 0 Å². The predicted molar refractivity (Wildman–Crippen MR) is 122 cm³/mol. The Bertz CT molecular complexity index is 915. The molecule has 0 aliphatic carbocycles. The second kappa shape index (κ2) is 12.1. The summed E-state index contributed by atoms with van der Waals surface area (Å²) in [6, 6.07) is 16.8. The van der Waals surface area contributed by atoms with Crippen LogP contribution in [0, 0.1) is 11.3 Å². The molecule has 0 unspecified atom stereocenters. The highest BCUT2D eigenvalue weighted by atomic mass is 32.2. The third kappa shape index (κ3) is 7.12. The van der Waals surface area contributed by atoms with E-state index in [-0.39, 0.29) is 19.5 Å². The molecule has 0 bridgehead atoms. The normalized spacial score (nSPS) is 12.2. The summed E-state index contributed by atoms with van der Waals surface area (Å²) in [6.45, 7) is 4.17. The van der Waals surface area contributed by atoms with Crippen molar-refractivity contribution in [2.75, 3.05) is 14.2 Å². The largest absolute Gasteiger partial charge is 0.497 e. The fourth-order valence-electron chi connectivity index (χ4n) is 3.29. The molecule has 0 spiro atoms. The number of allylic oxidation sites excluding steroid dienone is 1. The lowest BCUT2D eigenvalue weighted by Gasteiger charge is -2.27. The molecule has 0 radical (unpaired) electrons. The number of nitrogens with zero attached hydrogens (tertiary/aromatic N) is 2. The molecule has 0 saturated heterocycles. The molecule has 31 heavy (non-hydrogen) atoms. The fraction of sp³-hybridized carbons (Fsp3) is 0.375. The third-order valence-corrected chi connectivity index (χ3v) is 7.38. The average Bonchev–Trinajstić information content (AvgIpc) is 2.79. The van der Waals surface area contributed by atoms with E-state index < -0.39 is 15.3 Å². The van der Waals surface area contributed by atoms with Crippen molar-refractivity contribution in [1.29, 1.82) is 5.26 Å². The Morgan fingerprint density at radius 3 is 1.84 bits per heavy atom. The quantitative estimate of drug-likeness (QED) is 0.421. The molecule has 0 aromatic heterocycles. The van der Waals surface area contributed by atoms with E-state index in [1.54, 1.807) is 20.3 Å². The number of sulfonamides is 1. The van der Waals surface area contributed by atoms with E-state index in [4.69, 9.17) is 14.7 Å². The smallest absolute Gasteiger partial charge is 0.217 e. The van der Waals surface area contributed by atoms with Crippen molar-refractivity contribution in [2.45, 2.75) is 44.0 Å². The highest BCUT2D eigenvalue weighted by Crippen LogP contribution is 2.25. The minimum atomic E-state index is -3.66. The number of hydrogen-bond acceptors (Lipinski definition) is 5. The Balaban J connectivity index is 2.36. The monoisotopic (exact) mass is 442 g/mol. The van der Waals surface area contributed by atoms with Crippen LogP contribution in [0.4, 0.5) is 0 Å². The number of methoxy groups -OCH3 is 2. The molecule has 0 fully saturated rings. The van der Waals surface area contributed by atoms with Crippen molar-refractivity contribution in [3.8, 4) is 17.6 Å². The fourth-order valence-corrected chi connectivity index (χ4v) is 5.22. The second-order valence-corrected chi connectivity index (χ2v) is 9.41. The summed E-state index contributed by atoms with van der Waals surface area (Å²) in [7, 11) is -0.479. The summed E-state index contributed by atoms with van der Waals surface area (Å²) in [5, 5.41) is 8.37. The third-order valence-electron chi connectivity index (χ3n) is 5.09. The van der Waals surface area contributed by atoms with E-state index in [0.717, 1.165) is 11.1 Å². The number of hydrogen-bond donors (Lipinski definition) is 0. The van der Waals surface area contributed by atoms with Crippen LogP contribution >= 0.6 is 0 Å². The lowest BCUT2D eigenvalue weighted by atomic mass is 10.1. The van der Waals surface area contributed by atoms with E-state index in [0.29, 0.717) is 30.8 Å². The Kier molecular flexibility index (Phi) is 9.57. The second-order valence-electron chi connectivity index (χ2n) is 7.19. The predicted octanol–water partition coefficient (Wildman–Crippen LogP) is 4.67. The van der Waals surface area contributed by atoms with E-state index in [1.807, 2.05) is 48.5 Å². The SMILES string of the molecule is C=CCC[C@@H](CCC#N)S(=O)(=O)N(Cc1ccc(OC)cc1)Cc1ccc(OC)cc1. The maximum absolute atomic E-state index is 13.6. The van der Waals surface area contributed by atoms with Gasteiger partial charge in [-0.15, -0.1) is 6.58 Å². The average molecular weight is 443 g/mol. The number of rotatable bonds is 13. The van der Waals surface area contributed by atoms with Gasteiger partial charge in [-0.3, -0.25) is 0 Å². The van der Waals surface area contributed by atoms with Crippen molar-refractivity contribution in [3.05, 3.63) is 72.3 Å². The van der Waals surface area contributed by atoms with Gasteiger partial charge in [0.15, 0.2) is 0 Å². The van der Waals surface area contributed by atoms with E-state index in [1.165, 1.54) is 4.31 Å². The molecule has 0 aliphatic heterocycles. The first-order valence-corrected chi connectivity index (χ1v) is 11.7. The van der Waals surface area contributed by atoms with E-state index in [9.17, 15) is 8.42 Å². The van der Waals surface area contributed by atoms with Gasteiger partial charge >= 0.3 is 0 Å². The van der Waals surface area contributed by atoms with Crippen molar-refractivity contribution < 1.29 is 17.9 Å². The summed E-state index contributed by atoms with van der Waals surface area (Å²) in [5.41, 5.74) is 1.72. The van der Waals surface area contributed by atoms with Crippen molar-refractivity contribution in [2.24, 2.45) is 0 Å². The number of ether oxygens (including phenoxy) is 2. The van der Waals surface area contributed by atoms with Gasteiger partial charge in [-0.05, 0) is 54.7 Å². The Labute approximate surface area is 185 Å². The molecular formula is C24H30N2O4S. The van der Waals surface area contributed by atoms with Gasteiger partial charge in [0.25, 0.3) is 0 Å². The topological polar surface area (TPSA) is 79.6 Å². The van der Waals surface area contributed by atoms with Crippen LogP contribution in [0.5, 0.6) is 11.5 Å². The Morgan fingerprint density at radius 1 is 0.968 bits per heavy atom. The van der Waals surface area contributed by atoms with Crippen LogP contribution in [-0.4, -0.2) is 32.2 Å². The zero-order chi connectivity index (χ0) is 22.7. The number of nitriles is 1. The van der Waals surface area contributed by atoms with Crippen LogP contribution in [-0.2, 0) is 23.1 Å². The highest BCUT2D eigenvalue weighted by Gasteiger charge is 2.31. The molecule has 166 valence electrons. The van der Waals surface area contributed by atoms with Gasteiger partial charge in [0, 0.05) is 19.5 Å². The summed E-state index contributed by atoms with van der Waals surface area (Å²) in [4.78, 5) is 0. The maximum atomic E-state index is 13.6. The van der Waals surface area contributed by atoms with Gasteiger partial charge in [-0.1, -0.05) is 30.3 Å². The molecular weight excluding hydrogens is 412 g/mol. The van der Waals surface area contributed by atoms with E-state index in [2.05, 4.69) is 12.6 Å². The van der Waals surface area contributed by atoms with Crippen molar-refractivity contribution in [3.63, 3.8) is 0 Å². The molecule has 0 aliphatic rings. The lowest BCUT2D eigenvalue weighted by Crippen LogP contribution is -2.38. The van der Waals surface area contributed by atoms with Gasteiger partial charge in [0.1, 0.15) is 11.5 Å². The zero-order valence-corrected chi connectivity index (χ0v) is 19.0. The molecule has 2 aromatic rings. The van der Waals surface area contributed by atoms with Crippen LogP contribution in [0.3, 0.4) is 0 Å². The highest BCUT2D eigenvalue weighted by molar-refractivity contribution is 7.89. The van der Waals surface area contributed by atoms with Gasteiger partial charge in [0.2, 0.25) is 10.0 Å². The van der Waals surface area contributed by atoms with Crippen LogP contribution in [0.15, 0.2) is 61.2 Å². The first-order valence-electron chi connectivity index (χ1n) is 10.2. The lowest BCUT2D eigenvalue weighted by molar-refractivity contribution is 0.387. The molecule has 6 nitrogen and oxygen atoms in total. The first kappa shape index (κ1) is 24.4. The minimum Gasteiger partial charge on any atom is -0.497 e. The van der Waals surface area contributed by atoms with Gasteiger partial charge in [0.05, 0.1) is 25.5 Å². The summed E-state index contributed by atoms with van der Waals surface area (Å²) in [6.07, 6.45) is 3.23. The van der Waals surface area contributed by atoms with Gasteiger partial charge in [-0.2, -0.15) is 9.57 Å². The Hall–Kier alpha value is -2.82. The summed E-state index contributed by atoms with van der Waals surface area (Å²) in [5.74, 6) is 1.43. The molecule has 7 heteroatoms. The molecule has 0 amide bonds. The summed E-state index contributed by atoms with van der Waals surface area (Å²) >= 11 is 0.